The largest absolute Gasteiger partial charge is 0.416 e. The van der Waals surface area contributed by atoms with Gasteiger partial charge in [-0.3, -0.25) is 0 Å². The van der Waals surface area contributed by atoms with Crippen molar-refractivity contribution in [3.8, 4) is 17.1 Å². The van der Waals surface area contributed by atoms with E-state index in [0.717, 1.165) is 11.8 Å². The maximum atomic E-state index is 13.6. The van der Waals surface area contributed by atoms with E-state index in [4.69, 9.17) is 0 Å². The lowest BCUT2D eigenvalue weighted by Crippen LogP contribution is -2.17. The lowest BCUT2D eigenvalue weighted by Gasteiger charge is -2.21. The molecule has 0 aliphatic carbocycles. The number of aliphatic hydroxyl groups is 1. The summed E-state index contributed by atoms with van der Waals surface area (Å²) in [4.78, 5) is 8.73. The second-order valence-corrected chi connectivity index (χ2v) is 8.46. The second kappa shape index (κ2) is 9.46. The number of aliphatic hydroxyl groups excluding tert-OH is 1. The van der Waals surface area contributed by atoms with Crippen LogP contribution in [0, 0.1) is 20.8 Å². The predicted molar refractivity (Wildman–Crippen MR) is 126 cm³/mol. The minimum Gasteiger partial charge on any atom is -0.390 e. The number of alkyl halides is 3. The van der Waals surface area contributed by atoms with Gasteiger partial charge in [-0.05, 0) is 63.1 Å². The minimum atomic E-state index is -4.46. The highest BCUT2D eigenvalue weighted by atomic mass is 19.4. The number of pyridine rings is 1. The topological polar surface area (TPSA) is 88.8 Å². The van der Waals surface area contributed by atoms with Gasteiger partial charge in [0, 0.05) is 6.20 Å². The van der Waals surface area contributed by atoms with Crippen LogP contribution in [-0.4, -0.2) is 29.8 Å². The van der Waals surface area contributed by atoms with Crippen LogP contribution in [0.2, 0.25) is 0 Å². The summed E-state index contributed by atoms with van der Waals surface area (Å²) >= 11 is 0. The van der Waals surface area contributed by atoms with Gasteiger partial charge in [-0.25, -0.2) is 9.97 Å². The van der Waals surface area contributed by atoms with Gasteiger partial charge < -0.3 is 15.0 Å². The predicted octanol–water partition coefficient (Wildman–Crippen LogP) is 5.33. The fourth-order valence-electron chi connectivity index (χ4n) is 3.87. The molecule has 0 spiro atoms. The van der Waals surface area contributed by atoms with Crippen LogP contribution >= 0.6 is 0 Å². The number of benzene rings is 1. The van der Waals surface area contributed by atoms with Crippen LogP contribution in [0.4, 0.5) is 19.0 Å². The van der Waals surface area contributed by atoms with Crippen molar-refractivity contribution < 1.29 is 18.3 Å². The van der Waals surface area contributed by atoms with Gasteiger partial charge >= 0.3 is 6.18 Å². The molecule has 3 aromatic heterocycles. The van der Waals surface area contributed by atoms with Crippen LogP contribution in [0.1, 0.15) is 46.6 Å². The van der Waals surface area contributed by atoms with E-state index in [1.165, 1.54) is 6.07 Å². The number of hydrogen-bond acceptors (Lipinski definition) is 6. The molecule has 2 N–H and O–H groups in total. The van der Waals surface area contributed by atoms with Gasteiger partial charge in [-0.1, -0.05) is 17.7 Å². The zero-order chi connectivity index (χ0) is 25.3. The normalized spacial score (nSPS) is 12.6. The smallest absolute Gasteiger partial charge is 0.390 e. The van der Waals surface area contributed by atoms with E-state index in [0.29, 0.717) is 39.7 Å². The SMILES string of the molecule is Cc1ccc([C@H](C)Nc2nnc(-c3ccc(-n4cnc(C)c4)c(CO)n3)cc2C)c(C(F)(F)F)c1. The first-order chi connectivity index (χ1) is 16.6. The second-order valence-electron chi connectivity index (χ2n) is 8.46. The van der Waals surface area contributed by atoms with Gasteiger partial charge in [0.25, 0.3) is 0 Å². The standard InChI is InChI=1S/C25H25F3N6O/c1-14-5-6-18(19(9-14)25(26,27)28)17(4)30-24-15(2)10-21(32-33-24)20-7-8-23(22(12-35)31-20)34-11-16(3)29-13-34/h5-11,13,17,35H,12H2,1-4H3,(H,30,33)/t17-/m0/s1. The molecule has 0 saturated heterocycles. The molecule has 0 aliphatic heterocycles. The number of hydrogen-bond donors (Lipinski definition) is 2. The lowest BCUT2D eigenvalue weighted by molar-refractivity contribution is -0.138. The summed E-state index contributed by atoms with van der Waals surface area (Å²) < 4.78 is 42.5. The third-order valence-corrected chi connectivity index (χ3v) is 5.67. The van der Waals surface area contributed by atoms with Crippen molar-refractivity contribution in [2.45, 2.75) is 46.5 Å². The maximum absolute atomic E-state index is 13.6. The van der Waals surface area contributed by atoms with Crippen molar-refractivity contribution in [3.63, 3.8) is 0 Å². The molecule has 0 saturated carbocycles. The molecule has 0 unspecified atom stereocenters. The molecule has 1 atom stereocenters. The third-order valence-electron chi connectivity index (χ3n) is 5.67. The lowest BCUT2D eigenvalue weighted by atomic mass is 9.98. The number of aromatic nitrogens is 5. The number of imidazole rings is 1. The number of rotatable bonds is 6. The van der Waals surface area contributed by atoms with Crippen molar-refractivity contribution in [1.82, 2.24) is 24.7 Å². The summed E-state index contributed by atoms with van der Waals surface area (Å²) in [5.41, 5.74) is 3.69. The average molecular weight is 483 g/mol. The molecule has 0 radical (unpaired) electrons. The summed E-state index contributed by atoms with van der Waals surface area (Å²) in [5, 5.41) is 21.3. The van der Waals surface area contributed by atoms with E-state index in [9.17, 15) is 18.3 Å². The van der Waals surface area contributed by atoms with Gasteiger partial charge in [0.05, 0.1) is 47.3 Å². The average Bonchev–Trinajstić information content (AvgIpc) is 3.25. The van der Waals surface area contributed by atoms with Crippen LogP contribution in [0.3, 0.4) is 0 Å². The highest BCUT2D eigenvalue weighted by Gasteiger charge is 2.34. The van der Waals surface area contributed by atoms with Crippen LogP contribution in [0.5, 0.6) is 0 Å². The fraction of sp³-hybridized carbons (Fsp3) is 0.280. The zero-order valence-corrected chi connectivity index (χ0v) is 19.7. The molecule has 10 heteroatoms. The van der Waals surface area contributed by atoms with E-state index in [1.54, 1.807) is 49.9 Å². The monoisotopic (exact) mass is 482 g/mol. The van der Waals surface area contributed by atoms with Crippen molar-refractivity contribution in [2.24, 2.45) is 0 Å². The molecular formula is C25H25F3N6O. The van der Waals surface area contributed by atoms with E-state index in [2.05, 4.69) is 25.5 Å². The molecule has 0 bridgehead atoms. The third kappa shape index (κ3) is 5.17. The van der Waals surface area contributed by atoms with E-state index >= 15 is 0 Å². The van der Waals surface area contributed by atoms with Crippen LogP contribution in [-0.2, 0) is 12.8 Å². The van der Waals surface area contributed by atoms with Crippen LogP contribution < -0.4 is 5.32 Å². The van der Waals surface area contributed by atoms with Crippen molar-refractivity contribution in [2.75, 3.05) is 5.32 Å². The van der Waals surface area contributed by atoms with Gasteiger partial charge in [0.1, 0.15) is 5.69 Å². The van der Waals surface area contributed by atoms with Crippen LogP contribution in [0.15, 0.2) is 48.9 Å². The van der Waals surface area contributed by atoms with Crippen molar-refractivity contribution >= 4 is 5.82 Å². The number of halogens is 3. The number of anilines is 1. The first-order valence-electron chi connectivity index (χ1n) is 11.0. The highest BCUT2D eigenvalue weighted by molar-refractivity contribution is 5.60. The Bertz CT molecular complexity index is 1370. The summed E-state index contributed by atoms with van der Waals surface area (Å²) in [6.45, 7) is 6.67. The molecule has 0 amide bonds. The molecule has 0 aliphatic rings. The van der Waals surface area contributed by atoms with E-state index < -0.39 is 17.8 Å². The van der Waals surface area contributed by atoms with Crippen molar-refractivity contribution in [1.29, 1.82) is 0 Å². The van der Waals surface area contributed by atoms with Gasteiger partial charge in [-0.2, -0.15) is 13.2 Å². The first-order valence-corrected chi connectivity index (χ1v) is 11.0. The Kier molecular flexibility index (Phi) is 6.58. The Labute approximate surface area is 200 Å². The summed E-state index contributed by atoms with van der Waals surface area (Å²) in [6, 6.07) is 8.98. The molecule has 35 heavy (non-hydrogen) atoms. The Morgan fingerprint density at radius 3 is 2.43 bits per heavy atom. The summed E-state index contributed by atoms with van der Waals surface area (Å²) in [6.07, 6.45) is -0.978. The number of nitrogens with zero attached hydrogens (tertiary/aromatic N) is 5. The Morgan fingerprint density at radius 2 is 1.80 bits per heavy atom. The van der Waals surface area contributed by atoms with Gasteiger partial charge in [0.2, 0.25) is 0 Å². The Hall–Kier alpha value is -3.79. The Morgan fingerprint density at radius 1 is 1.03 bits per heavy atom. The summed E-state index contributed by atoms with van der Waals surface area (Å²) in [5.74, 6) is 0.378. The number of nitrogens with one attached hydrogen (secondary N) is 1. The van der Waals surface area contributed by atoms with E-state index in [-0.39, 0.29) is 12.2 Å². The molecule has 4 aromatic rings. The van der Waals surface area contributed by atoms with Gasteiger partial charge in [0.15, 0.2) is 5.82 Å². The van der Waals surface area contributed by atoms with Crippen molar-refractivity contribution in [3.05, 3.63) is 82.6 Å². The molecule has 7 nitrogen and oxygen atoms in total. The minimum absolute atomic E-state index is 0.132. The maximum Gasteiger partial charge on any atom is 0.416 e. The van der Waals surface area contributed by atoms with E-state index in [1.807, 2.05) is 19.2 Å². The molecule has 182 valence electrons. The quantitative estimate of drug-likeness (QED) is 0.386. The molecule has 3 heterocycles. The number of aryl methyl sites for hydroxylation is 3. The summed E-state index contributed by atoms with van der Waals surface area (Å²) in [7, 11) is 0. The Balaban J connectivity index is 1.60. The molecule has 0 fully saturated rings. The first kappa shape index (κ1) is 24.3. The fourth-order valence-corrected chi connectivity index (χ4v) is 3.87. The molecule has 1 aromatic carbocycles. The zero-order valence-electron chi connectivity index (χ0n) is 19.7. The molecule has 4 rings (SSSR count). The highest BCUT2D eigenvalue weighted by Crippen LogP contribution is 2.36. The molecular weight excluding hydrogens is 457 g/mol. The van der Waals surface area contributed by atoms with Crippen LogP contribution in [0.25, 0.3) is 17.1 Å². The van der Waals surface area contributed by atoms with Gasteiger partial charge in [-0.15, -0.1) is 10.2 Å².